The molecule has 0 heterocycles. The summed E-state index contributed by atoms with van der Waals surface area (Å²) >= 11 is 0. The Hall–Kier alpha value is -1.26. The fourth-order valence-corrected chi connectivity index (χ4v) is 1.73. The SMILES string of the molecule is CCC(O)(CN)c1c(OC)cccc1OC. The Morgan fingerprint density at radius 3 is 2.06 bits per heavy atom. The van der Waals surface area contributed by atoms with Gasteiger partial charge in [-0.25, -0.2) is 0 Å². The molecule has 1 aromatic rings. The lowest BCUT2D eigenvalue weighted by molar-refractivity contribution is 0.0368. The largest absolute Gasteiger partial charge is 0.496 e. The second kappa shape index (κ2) is 5.18. The first-order chi connectivity index (χ1) is 7.62. The molecule has 0 spiro atoms. The van der Waals surface area contributed by atoms with Crippen LogP contribution in [0.4, 0.5) is 0 Å². The van der Waals surface area contributed by atoms with Crippen LogP contribution in [0.1, 0.15) is 18.9 Å². The maximum absolute atomic E-state index is 10.4. The monoisotopic (exact) mass is 225 g/mol. The minimum Gasteiger partial charge on any atom is -0.496 e. The molecule has 0 aliphatic rings. The average Bonchev–Trinajstić information content (AvgIpc) is 2.36. The van der Waals surface area contributed by atoms with E-state index in [0.717, 1.165) is 0 Å². The van der Waals surface area contributed by atoms with Crippen molar-refractivity contribution < 1.29 is 14.6 Å². The fourth-order valence-electron chi connectivity index (χ4n) is 1.73. The Bertz CT molecular complexity index is 326. The van der Waals surface area contributed by atoms with Crippen LogP contribution in [0.5, 0.6) is 11.5 Å². The summed E-state index contributed by atoms with van der Waals surface area (Å²) in [6, 6.07) is 5.38. The van der Waals surface area contributed by atoms with Gasteiger partial charge in [0.25, 0.3) is 0 Å². The minimum absolute atomic E-state index is 0.125. The summed E-state index contributed by atoms with van der Waals surface area (Å²) in [7, 11) is 3.12. The van der Waals surface area contributed by atoms with E-state index in [1.807, 2.05) is 13.0 Å². The third-order valence-corrected chi connectivity index (χ3v) is 2.82. The van der Waals surface area contributed by atoms with E-state index >= 15 is 0 Å². The summed E-state index contributed by atoms with van der Waals surface area (Å²) in [6.07, 6.45) is 0.500. The Morgan fingerprint density at radius 2 is 1.75 bits per heavy atom. The molecule has 16 heavy (non-hydrogen) atoms. The van der Waals surface area contributed by atoms with Gasteiger partial charge in [0.15, 0.2) is 0 Å². The van der Waals surface area contributed by atoms with Gasteiger partial charge in [0, 0.05) is 6.54 Å². The van der Waals surface area contributed by atoms with Gasteiger partial charge in [0.2, 0.25) is 0 Å². The van der Waals surface area contributed by atoms with Gasteiger partial charge in [-0.05, 0) is 18.6 Å². The van der Waals surface area contributed by atoms with Crippen molar-refractivity contribution in [2.75, 3.05) is 20.8 Å². The Kier molecular flexibility index (Phi) is 4.15. The molecular formula is C12H19NO3. The van der Waals surface area contributed by atoms with Crippen molar-refractivity contribution in [3.05, 3.63) is 23.8 Å². The van der Waals surface area contributed by atoms with Crippen molar-refractivity contribution in [1.29, 1.82) is 0 Å². The van der Waals surface area contributed by atoms with E-state index < -0.39 is 5.60 Å². The highest BCUT2D eigenvalue weighted by Gasteiger charge is 2.32. The highest BCUT2D eigenvalue weighted by molar-refractivity contribution is 5.48. The van der Waals surface area contributed by atoms with Crippen molar-refractivity contribution in [1.82, 2.24) is 0 Å². The van der Waals surface area contributed by atoms with Gasteiger partial charge in [0.05, 0.1) is 19.8 Å². The standard InChI is InChI=1S/C12H19NO3/c1-4-12(14,8-13)11-9(15-2)6-5-7-10(11)16-3/h5-7,14H,4,8,13H2,1-3H3. The van der Waals surface area contributed by atoms with E-state index in [9.17, 15) is 5.11 Å². The van der Waals surface area contributed by atoms with Crippen molar-refractivity contribution in [2.24, 2.45) is 5.73 Å². The summed E-state index contributed by atoms with van der Waals surface area (Å²) in [5.74, 6) is 1.18. The van der Waals surface area contributed by atoms with Crippen molar-refractivity contribution in [3.8, 4) is 11.5 Å². The smallest absolute Gasteiger partial charge is 0.128 e. The van der Waals surface area contributed by atoms with E-state index in [2.05, 4.69) is 0 Å². The van der Waals surface area contributed by atoms with E-state index in [1.54, 1.807) is 26.4 Å². The zero-order valence-corrected chi connectivity index (χ0v) is 9.99. The molecule has 0 aliphatic carbocycles. The number of benzene rings is 1. The molecule has 0 radical (unpaired) electrons. The topological polar surface area (TPSA) is 64.7 Å². The summed E-state index contributed by atoms with van der Waals surface area (Å²) in [5.41, 5.74) is 5.14. The Labute approximate surface area is 96.0 Å². The van der Waals surface area contributed by atoms with E-state index in [-0.39, 0.29) is 6.54 Å². The van der Waals surface area contributed by atoms with Crippen LogP contribution in [0, 0.1) is 0 Å². The van der Waals surface area contributed by atoms with Crippen LogP contribution in [0.15, 0.2) is 18.2 Å². The van der Waals surface area contributed by atoms with Gasteiger partial charge in [0.1, 0.15) is 17.1 Å². The third kappa shape index (κ3) is 2.13. The zero-order chi connectivity index (χ0) is 12.2. The summed E-state index contributed by atoms with van der Waals surface area (Å²) in [4.78, 5) is 0. The molecule has 1 rings (SSSR count). The molecule has 1 aromatic carbocycles. The molecule has 90 valence electrons. The molecule has 0 amide bonds. The first kappa shape index (κ1) is 12.8. The molecule has 0 aromatic heterocycles. The Morgan fingerprint density at radius 1 is 1.25 bits per heavy atom. The van der Waals surface area contributed by atoms with E-state index in [0.29, 0.717) is 23.5 Å². The predicted molar refractivity (Wildman–Crippen MR) is 62.8 cm³/mol. The fraction of sp³-hybridized carbons (Fsp3) is 0.500. The second-order valence-electron chi connectivity index (χ2n) is 3.63. The van der Waals surface area contributed by atoms with Crippen LogP contribution in [-0.2, 0) is 5.60 Å². The highest BCUT2D eigenvalue weighted by atomic mass is 16.5. The average molecular weight is 225 g/mol. The van der Waals surface area contributed by atoms with E-state index in [1.165, 1.54) is 0 Å². The Balaban J connectivity index is 3.38. The lowest BCUT2D eigenvalue weighted by atomic mass is 9.89. The lowest BCUT2D eigenvalue weighted by Gasteiger charge is -2.28. The van der Waals surface area contributed by atoms with Crippen molar-refractivity contribution >= 4 is 0 Å². The predicted octanol–water partition coefficient (Wildman–Crippen LogP) is 1.26. The van der Waals surface area contributed by atoms with Crippen LogP contribution in [0.25, 0.3) is 0 Å². The van der Waals surface area contributed by atoms with Gasteiger partial charge < -0.3 is 20.3 Å². The maximum atomic E-state index is 10.4. The van der Waals surface area contributed by atoms with Gasteiger partial charge >= 0.3 is 0 Å². The van der Waals surface area contributed by atoms with Crippen molar-refractivity contribution in [2.45, 2.75) is 18.9 Å². The first-order valence-electron chi connectivity index (χ1n) is 5.26. The summed E-state index contributed by atoms with van der Waals surface area (Å²) < 4.78 is 10.5. The van der Waals surface area contributed by atoms with Crippen LogP contribution in [-0.4, -0.2) is 25.9 Å². The number of hydrogen-bond donors (Lipinski definition) is 2. The zero-order valence-electron chi connectivity index (χ0n) is 9.99. The maximum Gasteiger partial charge on any atom is 0.128 e. The molecule has 0 saturated heterocycles. The second-order valence-corrected chi connectivity index (χ2v) is 3.63. The molecule has 4 heteroatoms. The normalized spacial score (nSPS) is 14.3. The molecule has 4 nitrogen and oxygen atoms in total. The quantitative estimate of drug-likeness (QED) is 0.791. The summed E-state index contributed by atoms with van der Waals surface area (Å²) in [6.45, 7) is 2.00. The van der Waals surface area contributed by atoms with Crippen LogP contribution < -0.4 is 15.2 Å². The minimum atomic E-state index is -1.11. The van der Waals surface area contributed by atoms with Gasteiger partial charge in [-0.3, -0.25) is 0 Å². The number of methoxy groups -OCH3 is 2. The molecule has 0 bridgehead atoms. The molecule has 0 aliphatic heterocycles. The number of hydrogen-bond acceptors (Lipinski definition) is 4. The first-order valence-corrected chi connectivity index (χ1v) is 5.26. The lowest BCUT2D eigenvalue weighted by Crippen LogP contribution is -2.35. The van der Waals surface area contributed by atoms with E-state index in [4.69, 9.17) is 15.2 Å². The molecule has 0 fully saturated rings. The number of ether oxygens (including phenoxy) is 2. The van der Waals surface area contributed by atoms with Crippen molar-refractivity contribution in [3.63, 3.8) is 0 Å². The van der Waals surface area contributed by atoms with Crippen LogP contribution in [0.3, 0.4) is 0 Å². The van der Waals surface area contributed by atoms with Gasteiger partial charge in [-0.15, -0.1) is 0 Å². The number of nitrogens with two attached hydrogens (primary N) is 1. The van der Waals surface area contributed by atoms with Gasteiger partial charge in [-0.1, -0.05) is 13.0 Å². The molecule has 3 N–H and O–H groups in total. The molecule has 0 saturated carbocycles. The van der Waals surface area contributed by atoms with Gasteiger partial charge in [-0.2, -0.15) is 0 Å². The molecule has 1 atom stereocenters. The van der Waals surface area contributed by atoms with Crippen LogP contribution >= 0.6 is 0 Å². The third-order valence-electron chi connectivity index (χ3n) is 2.82. The number of aliphatic hydroxyl groups is 1. The molecule has 1 unspecified atom stereocenters. The number of rotatable bonds is 5. The molecular weight excluding hydrogens is 206 g/mol. The van der Waals surface area contributed by atoms with Crippen LogP contribution in [0.2, 0.25) is 0 Å². The summed E-state index contributed by atoms with van der Waals surface area (Å²) in [5, 5.41) is 10.4. The highest BCUT2D eigenvalue weighted by Crippen LogP contribution is 2.38.